The van der Waals surface area contributed by atoms with E-state index in [-0.39, 0.29) is 0 Å². The summed E-state index contributed by atoms with van der Waals surface area (Å²) in [6, 6.07) is 34.9. The van der Waals surface area contributed by atoms with Gasteiger partial charge in [-0.2, -0.15) is 5.26 Å². The van der Waals surface area contributed by atoms with Crippen LogP contribution < -0.4 is 9.64 Å². The highest BCUT2D eigenvalue weighted by Gasteiger charge is 2.29. The minimum Gasteiger partial charge on any atom is -0.452 e. The molecule has 5 aromatic rings. The van der Waals surface area contributed by atoms with Crippen molar-refractivity contribution in [3.63, 3.8) is 0 Å². The molecule has 0 saturated carbocycles. The molecule has 0 aliphatic carbocycles. The Kier molecular flexibility index (Phi) is 3.53. The zero-order valence-corrected chi connectivity index (χ0v) is 16.0. The number of benzene rings is 5. The summed E-state index contributed by atoms with van der Waals surface area (Å²) in [5.41, 5.74) is 3.33. The fraction of sp³-hybridized carbons (Fsp3) is 0. The van der Waals surface area contributed by atoms with Crippen molar-refractivity contribution in [1.82, 2.24) is 0 Å². The molecule has 0 radical (unpaired) electrons. The molecule has 1 aliphatic rings. The molecule has 0 bridgehead atoms. The predicted octanol–water partition coefficient (Wildman–Crippen LogP) is 7.44. The van der Waals surface area contributed by atoms with Crippen LogP contribution in [0.3, 0.4) is 0 Å². The van der Waals surface area contributed by atoms with Crippen molar-refractivity contribution < 1.29 is 4.74 Å². The van der Waals surface area contributed by atoms with Crippen molar-refractivity contribution in [3.8, 4) is 17.6 Å². The van der Waals surface area contributed by atoms with E-state index in [1.807, 2.05) is 48.5 Å². The summed E-state index contributed by atoms with van der Waals surface area (Å²) < 4.78 is 6.60. The monoisotopic (exact) mass is 384 g/mol. The summed E-state index contributed by atoms with van der Waals surface area (Å²) in [6.45, 7) is 0. The van der Waals surface area contributed by atoms with Gasteiger partial charge in [-0.25, -0.2) is 0 Å². The lowest BCUT2D eigenvalue weighted by Gasteiger charge is -2.34. The molecule has 140 valence electrons. The van der Waals surface area contributed by atoms with Gasteiger partial charge in [0.25, 0.3) is 0 Å². The number of ether oxygens (including phenoxy) is 1. The maximum absolute atomic E-state index is 9.78. The van der Waals surface area contributed by atoms with Crippen LogP contribution >= 0.6 is 0 Å². The summed E-state index contributed by atoms with van der Waals surface area (Å²) in [5, 5.41) is 14.1. The van der Waals surface area contributed by atoms with Crippen molar-refractivity contribution in [2.45, 2.75) is 0 Å². The largest absolute Gasteiger partial charge is 0.452 e. The first-order valence-electron chi connectivity index (χ1n) is 9.86. The average Bonchev–Trinajstić information content (AvgIpc) is 2.82. The number of rotatable bonds is 1. The molecular formula is C27H16N2O. The van der Waals surface area contributed by atoms with Crippen LogP contribution in [0.25, 0.3) is 21.5 Å². The molecule has 3 heteroatoms. The Morgan fingerprint density at radius 1 is 0.567 bits per heavy atom. The van der Waals surface area contributed by atoms with E-state index >= 15 is 0 Å². The highest BCUT2D eigenvalue weighted by molar-refractivity contribution is 6.04. The van der Waals surface area contributed by atoms with Gasteiger partial charge in [-0.15, -0.1) is 0 Å². The predicted molar refractivity (Wildman–Crippen MR) is 121 cm³/mol. The fourth-order valence-electron chi connectivity index (χ4n) is 4.28. The van der Waals surface area contributed by atoms with Gasteiger partial charge in [0, 0.05) is 10.8 Å². The number of hydrogen-bond acceptors (Lipinski definition) is 3. The van der Waals surface area contributed by atoms with Gasteiger partial charge in [0.15, 0.2) is 11.5 Å². The Balaban J connectivity index is 1.74. The molecule has 1 aliphatic heterocycles. The zero-order valence-electron chi connectivity index (χ0n) is 16.0. The lowest BCUT2D eigenvalue weighted by atomic mass is 10.0. The molecule has 0 atom stereocenters. The topological polar surface area (TPSA) is 36.3 Å². The lowest BCUT2D eigenvalue weighted by molar-refractivity contribution is 0.488. The first-order valence-corrected chi connectivity index (χ1v) is 9.86. The van der Waals surface area contributed by atoms with E-state index in [9.17, 15) is 5.26 Å². The highest BCUT2D eigenvalue weighted by Crippen LogP contribution is 2.55. The van der Waals surface area contributed by atoms with E-state index in [0.717, 1.165) is 50.1 Å². The van der Waals surface area contributed by atoms with Crippen molar-refractivity contribution in [3.05, 3.63) is 103 Å². The van der Waals surface area contributed by atoms with Gasteiger partial charge in [-0.3, -0.25) is 0 Å². The molecule has 0 amide bonds. The Bertz CT molecular complexity index is 1410. The van der Waals surface area contributed by atoms with E-state index in [2.05, 4.69) is 59.5 Å². The summed E-state index contributed by atoms with van der Waals surface area (Å²) >= 11 is 0. The number of fused-ring (bicyclic) bond motifs is 6. The Hall–Kier alpha value is -4.29. The second-order valence-corrected chi connectivity index (χ2v) is 7.34. The Morgan fingerprint density at radius 2 is 1.10 bits per heavy atom. The van der Waals surface area contributed by atoms with Crippen LogP contribution in [0.2, 0.25) is 0 Å². The minimum absolute atomic E-state index is 0.623. The second kappa shape index (κ2) is 6.37. The summed E-state index contributed by atoms with van der Waals surface area (Å²) in [4.78, 5) is 2.14. The Labute approximate surface area is 174 Å². The molecule has 6 rings (SSSR count). The molecule has 0 spiro atoms. The number of anilines is 3. The quantitative estimate of drug-likeness (QED) is 0.295. The first-order chi connectivity index (χ1) is 14.8. The second-order valence-electron chi connectivity index (χ2n) is 7.34. The first kappa shape index (κ1) is 16.6. The third kappa shape index (κ3) is 2.31. The van der Waals surface area contributed by atoms with Crippen molar-refractivity contribution in [2.24, 2.45) is 0 Å². The molecule has 0 unspecified atom stereocenters. The maximum Gasteiger partial charge on any atom is 0.159 e. The summed E-state index contributed by atoms with van der Waals surface area (Å²) in [6.07, 6.45) is 0. The van der Waals surface area contributed by atoms with Crippen LogP contribution in [0.5, 0.6) is 11.5 Å². The average molecular weight is 384 g/mol. The van der Waals surface area contributed by atoms with Gasteiger partial charge in [-0.1, -0.05) is 72.8 Å². The maximum atomic E-state index is 9.78. The van der Waals surface area contributed by atoms with Crippen LogP contribution in [-0.2, 0) is 0 Å². The van der Waals surface area contributed by atoms with E-state index in [1.54, 1.807) is 0 Å². The zero-order chi connectivity index (χ0) is 20.1. The molecule has 0 aromatic heterocycles. The van der Waals surface area contributed by atoms with Crippen molar-refractivity contribution >= 4 is 38.6 Å². The van der Waals surface area contributed by atoms with Gasteiger partial charge < -0.3 is 9.64 Å². The smallest absolute Gasteiger partial charge is 0.159 e. The molecule has 0 fully saturated rings. The van der Waals surface area contributed by atoms with Crippen LogP contribution in [0.15, 0.2) is 97.1 Å². The van der Waals surface area contributed by atoms with Gasteiger partial charge in [-0.05, 0) is 35.0 Å². The molecule has 30 heavy (non-hydrogen) atoms. The van der Waals surface area contributed by atoms with Crippen molar-refractivity contribution in [2.75, 3.05) is 4.90 Å². The van der Waals surface area contributed by atoms with Crippen molar-refractivity contribution in [1.29, 1.82) is 5.26 Å². The third-order valence-corrected chi connectivity index (χ3v) is 5.67. The molecule has 3 nitrogen and oxygen atoms in total. The number of nitrogens with zero attached hydrogens (tertiary/aromatic N) is 2. The van der Waals surface area contributed by atoms with Gasteiger partial charge in [0.05, 0.1) is 22.6 Å². The van der Waals surface area contributed by atoms with E-state index in [1.165, 1.54) is 0 Å². The van der Waals surface area contributed by atoms with E-state index in [4.69, 9.17) is 4.74 Å². The molecular weight excluding hydrogens is 368 g/mol. The SMILES string of the molecule is N#Cc1ccccc1N1c2ccc3ccccc3c2Oc2c1ccc1ccccc21. The summed E-state index contributed by atoms with van der Waals surface area (Å²) in [7, 11) is 0. The van der Waals surface area contributed by atoms with Gasteiger partial charge >= 0.3 is 0 Å². The number of nitriles is 1. The minimum atomic E-state index is 0.623. The Morgan fingerprint density at radius 3 is 1.70 bits per heavy atom. The molecule has 0 N–H and O–H groups in total. The van der Waals surface area contributed by atoms with Crippen LogP contribution in [-0.4, -0.2) is 0 Å². The number of hydrogen-bond donors (Lipinski definition) is 0. The third-order valence-electron chi connectivity index (χ3n) is 5.67. The molecule has 1 heterocycles. The normalized spacial score (nSPS) is 12.2. The highest BCUT2D eigenvalue weighted by atomic mass is 16.5. The van der Waals surface area contributed by atoms with E-state index in [0.29, 0.717) is 5.56 Å². The molecule has 0 saturated heterocycles. The standard InChI is InChI=1S/C27H16N2O/c28-17-20-9-3-6-12-23(20)29-24-15-13-18-7-1-4-10-21(18)26(24)30-27-22-11-5-2-8-19(22)14-16-25(27)29/h1-16H. The van der Waals surface area contributed by atoms with E-state index < -0.39 is 0 Å². The van der Waals surface area contributed by atoms with Gasteiger partial charge in [0.2, 0.25) is 0 Å². The van der Waals surface area contributed by atoms with Crippen LogP contribution in [0.4, 0.5) is 17.1 Å². The van der Waals surface area contributed by atoms with Crippen LogP contribution in [0.1, 0.15) is 5.56 Å². The van der Waals surface area contributed by atoms with Crippen LogP contribution in [0, 0.1) is 11.3 Å². The van der Waals surface area contributed by atoms with Gasteiger partial charge in [0.1, 0.15) is 6.07 Å². The molecule has 5 aromatic carbocycles. The fourth-order valence-corrected chi connectivity index (χ4v) is 4.28. The number of para-hydroxylation sites is 1. The summed E-state index contributed by atoms with van der Waals surface area (Å²) in [5.74, 6) is 1.62. The lowest BCUT2D eigenvalue weighted by Crippen LogP contribution is -2.17.